The Morgan fingerprint density at radius 1 is 1.27 bits per heavy atom. The average molecular weight is 349 g/mol. The Morgan fingerprint density at radius 2 is 2.08 bits per heavy atom. The van der Waals surface area contributed by atoms with E-state index in [0.717, 1.165) is 24.2 Å². The van der Waals surface area contributed by atoms with Gasteiger partial charge < -0.3 is 10.1 Å². The summed E-state index contributed by atoms with van der Waals surface area (Å²) in [7, 11) is 1.64. The Bertz CT molecular complexity index is 889. The maximum atomic E-state index is 12.8. The predicted molar refractivity (Wildman–Crippen MR) is 95.1 cm³/mol. The molecule has 1 aromatic carbocycles. The second-order valence-corrected chi connectivity index (χ2v) is 6.30. The molecule has 7 heteroatoms. The first-order valence-corrected chi connectivity index (χ1v) is 8.50. The molecule has 0 unspecified atom stereocenters. The molecule has 1 N–H and O–H groups in total. The third-order valence-corrected chi connectivity index (χ3v) is 4.52. The molecule has 0 radical (unpaired) electrons. The van der Waals surface area contributed by atoms with Crippen LogP contribution < -0.4 is 10.1 Å². The summed E-state index contributed by atoms with van der Waals surface area (Å²) in [4.78, 5) is 20.9. The third kappa shape index (κ3) is 3.42. The molecular formula is C19H19N5O2. The first-order chi connectivity index (χ1) is 12.7. The number of nitrogens with one attached hydrogen (secondary N) is 1. The van der Waals surface area contributed by atoms with E-state index >= 15 is 0 Å². The zero-order valence-electron chi connectivity index (χ0n) is 14.4. The van der Waals surface area contributed by atoms with Gasteiger partial charge in [-0.05, 0) is 48.6 Å². The molecule has 132 valence electrons. The first kappa shape index (κ1) is 16.3. The highest BCUT2D eigenvalue weighted by Crippen LogP contribution is 2.41. The second-order valence-electron chi connectivity index (χ2n) is 6.30. The van der Waals surface area contributed by atoms with Crippen molar-refractivity contribution in [2.45, 2.75) is 18.9 Å². The molecule has 1 atom stereocenters. The zero-order valence-corrected chi connectivity index (χ0v) is 14.4. The van der Waals surface area contributed by atoms with E-state index < -0.39 is 0 Å². The summed E-state index contributed by atoms with van der Waals surface area (Å²) >= 11 is 0. The van der Waals surface area contributed by atoms with Crippen molar-refractivity contribution < 1.29 is 9.53 Å². The zero-order chi connectivity index (χ0) is 17.9. The number of amides is 1. The lowest BCUT2D eigenvalue weighted by atomic mass is 10.0. The Balaban J connectivity index is 1.54. The first-order valence-electron chi connectivity index (χ1n) is 8.50. The lowest BCUT2D eigenvalue weighted by Crippen LogP contribution is -2.30. The highest BCUT2D eigenvalue weighted by molar-refractivity contribution is 5.94. The van der Waals surface area contributed by atoms with Crippen LogP contribution in [0.2, 0.25) is 0 Å². The number of rotatable bonds is 6. The number of carbonyl (C=O) groups excluding carboxylic acids is 1. The summed E-state index contributed by atoms with van der Waals surface area (Å²) in [5.74, 6) is 1.72. The summed E-state index contributed by atoms with van der Waals surface area (Å²) in [6, 6.07) is 11.3. The van der Waals surface area contributed by atoms with Crippen LogP contribution in [0, 0.1) is 5.92 Å². The maximum absolute atomic E-state index is 12.8. The number of pyridine rings is 1. The number of carbonyl (C=O) groups is 1. The highest BCUT2D eigenvalue weighted by Gasteiger charge is 2.33. The van der Waals surface area contributed by atoms with Crippen molar-refractivity contribution in [1.82, 2.24) is 25.1 Å². The normalized spacial score (nSPS) is 14.7. The molecule has 1 aliphatic carbocycles. The minimum Gasteiger partial charge on any atom is -0.497 e. The van der Waals surface area contributed by atoms with Gasteiger partial charge in [-0.2, -0.15) is 5.10 Å². The fourth-order valence-corrected chi connectivity index (χ4v) is 2.95. The molecule has 1 amide bonds. The summed E-state index contributed by atoms with van der Waals surface area (Å²) in [6.07, 6.45) is 6.83. The standard InChI is InChI=1S/C19H19N5O2/c1-26-16-6-4-14(5-7-16)18(13-2-3-13)23-19(25)15-8-9-21-17(10-15)24-12-20-11-22-24/h4-13,18H,2-3H2,1H3,(H,23,25)/t18-/m1/s1. The van der Waals surface area contributed by atoms with E-state index in [4.69, 9.17) is 4.74 Å². The van der Waals surface area contributed by atoms with Crippen molar-refractivity contribution in [2.75, 3.05) is 7.11 Å². The van der Waals surface area contributed by atoms with Gasteiger partial charge in [0.1, 0.15) is 18.4 Å². The summed E-state index contributed by atoms with van der Waals surface area (Å²) in [5, 5.41) is 7.22. The van der Waals surface area contributed by atoms with Gasteiger partial charge >= 0.3 is 0 Å². The van der Waals surface area contributed by atoms with Crippen LogP contribution in [0.15, 0.2) is 55.2 Å². The number of hydrogen-bond donors (Lipinski definition) is 1. The van der Waals surface area contributed by atoms with Gasteiger partial charge in [0, 0.05) is 11.8 Å². The van der Waals surface area contributed by atoms with Gasteiger partial charge in [0.2, 0.25) is 0 Å². The highest BCUT2D eigenvalue weighted by atomic mass is 16.5. The molecule has 1 saturated carbocycles. The molecule has 26 heavy (non-hydrogen) atoms. The van der Waals surface area contributed by atoms with E-state index in [0.29, 0.717) is 17.3 Å². The molecule has 2 heterocycles. The maximum Gasteiger partial charge on any atom is 0.251 e. The van der Waals surface area contributed by atoms with Gasteiger partial charge in [0.15, 0.2) is 5.82 Å². The van der Waals surface area contributed by atoms with Crippen LogP contribution in [0.5, 0.6) is 5.75 Å². The molecule has 2 aromatic heterocycles. The monoisotopic (exact) mass is 349 g/mol. The fraction of sp³-hybridized carbons (Fsp3) is 0.263. The Hall–Kier alpha value is -3.22. The quantitative estimate of drug-likeness (QED) is 0.739. The Kier molecular flexibility index (Phi) is 4.35. The van der Waals surface area contributed by atoms with E-state index in [1.807, 2.05) is 24.3 Å². The number of nitrogens with zero attached hydrogens (tertiary/aromatic N) is 4. The SMILES string of the molecule is COc1ccc([C@H](NC(=O)c2ccnc(-n3cncn3)c2)C2CC2)cc1. The topological polar surface area (TPSA) is 81.9 Å². The third-order valence-electron chi connectivity index (χ3n) is 4.52. The van der Waals surface area contributed by atoms with Gasteiger partial charge in [0.05, 0.1) is 13.2 Å². The summed E-state index contributed by atoms with van der Waals surface area (Å²) in [6.45, 7) is 0. The van der Waals surface area contributed by atoms with Crippen molar-refractivity contribution in [3.8, 4) is 11.6 Å². The van der Waals surface area contributed by atoms with Crippen LogP contribution >= 0.6 is 0 Å². The molecule has 0 aliphatic heterocycles. The number of methoxy groups -OCH3 is 1. The number of hydrogen-bond acceptors (Lipinski definition) is 5. The van der Waals surface area contributed by atoms with E-state index in [-0.39, 0.29) is 11.9 Å². The molecule has 7 nitrogen and oxygen atoms in total. The van der Waals surface area contributed by atoms with E-state index in [1.54, 1.807) is 31.8 Å². The number of aromatic nitrogens is 4. The predicted octanol–water partition coefficient (Wildman–Crippen LogP) is 2.55. The molecule has 1 fully saturated rings. The van der Waals surface area contributed by atoms with Crippen LogP contribution in [0.3, 0.4) is 0 Å². The van der Waals surface area contributed by atoms with E-state index in [2.05, 4.69) is 20.4 Å². The van der Waals surface area contributed by atoms with Crippen molar-refractivity contribution >= 4 is 5.91 Å². The van der Waals surface area contributed by atoms with Gasteiger partial charge in [-0.15, -0.1) is 0 Å². The van der Waals surface area contributed by atoms with Crippen LogP contribution in [0.25, 0.3) is 5.82 Å². The molecule has 3 aromatic rings. The summed E-state index contributed by atoms with van der Waals surface area (Å²) in [5.41, 5.74) is 1.64. The van der Waals surface area contributed by atoms with Gasteiger partial charge in [0.25, 0.3) is 5.91 Å². The van der Waals surface area contributed by atoms with Crippen molar-refractivity contribution in [2.24, 2.45) is 5.92 Å². The second kappa shape index (κ2) is 6.95. The van der Waals surface area contributed by atoms with Crippen molar-refractivity contribution in [3.05, 3.63) is 66.4 Å². The lowest BCUT2D eigenvalue weighted by molar-refractivity contribution is 0.0931. The van der Waals surface area contributed by atoms with Gasteiger partial charge in [-0.3, -0.25) is 4.79 Å². The van der Waals surface area contributed by atoms with Crippen LogP contribution in [-0.2, 0) is 0 Å². The van der Waals surface area contributed by atoms with Crippen LogP contribution in [0.1, 0.15) is 34.8 Å². The molecule has 4 rings (SSSR count). The molecular weight excluding hydrogens is 330 g/mol. The van der Waals surface area contributed by atoms with Crippen LogP contribution in [-0.4, -0.2) is 32.8 Å². The lowest BCUT2D eigenvalue weighted by Gasteiger charge is -2.19. The van der Waals surface area contributed by atoms with Gasteiger partial charge in [-0.1, -0.05) is 12.1 Å². The Labute approximate surface area is 151 Å². The van der Waals surface area contributed by atoms with Crippen molar-refractivity contribution in [3.63, 3.8) is 0 Å². The molecule has 0 saturated heterocycles. The van der Waals surface area contributed by atoms with E-state index in [9.17, 15) is 4.79 Å². The van der Waals surface area contributed by atoms with Crippen molar-refractivity contribution in [1.29, 1.82) is 0 Å². The molecule has 1 aliphatic rings. The largest absolute Gasteiger partial charge is 0.497 e. The minimum absolute atomic E-state index is 0.00334. The Morgan fingerprint density at radius 3 is 2.73 bits per heavy atom. The number of ether oxygens (including phenoxy) is 1. The van der Waals surface area contributed by atoms with E-state index in [1.165, 1.54) is 11.0 Å². The smallest absolute Gasteiger partial charge is 0.251 e. The molecule has 0 bridgehead atoms. The van der Waals surface area contributed by atoms with Crippen LogP contribution in [0.4, 0.5) is 0 Å². The average Bonchev–Trinajstić information content (AvgIpc) is 3.38. The fourth-order valence-electron chi connectivity index (χ4n) is 2.95. The van der Waals surface area contributed by atoms with Gasteiger partial charge in [-0.25, -0.2) is 14.6 Å². The molecule has 0 spiro atoms. The summed E-state index contributed by atoms with van der Waals surface area (Å²) < 4.78 is 6.74. The minimum atomic E-state index is -0.124. The number of benzene rings is 1.